The first kappa shape index (κ1) is 16.7. The maximum atomic E-state index is 12.6. The molecule has 5 nitrogen and oxygen atoms in total. The smallest absolute Gasteiger partial charge is 0.241 e. The summed E-state index contributed by atoms with van der Waals surface area (Å²) in [6.07, 6.45) is 0.867. The number of aryl methyl sites for hydroxylation is 2. The number of nitrogens with one attached hydrogen (secondary N) is 2. The molecule has 1 aromatic carbocycles. The fraction of sp³-hybridized carbons (Fsp3) is 0.500. The second kappa shape index (κ2) is 5.93. The minimum absolute atomic E-state index is 0.156. The normalized spacial score (nSPS) is 12.4. The second-order valence-corrected chi connectivity index (χ2v) is 6.73. The Labute approximate surface area is 121 Å². The van der Waals surface area contributed by atoms with Crippen molar-refractivity contribution in [3.63, 3.8) is 0 Å². The van der Waals surface area contributed by atoms with E-state index in [1.807, 2.05) is 26.8 Å². The molecule has 0 saturated heterocycles. The van der Waals surface area contributed by atoms with Gasteiger partial charge in [0.25, 0.3) is 0 Å². The van der Waals surface area contributed by atoms with Crippen LogP contribution in [0.2, 0.25) is 0 Å². The molecule has 0 saturated carbocycles. The van der Waals surface area contributed by atoms with Crippen molar-refractivity contribution in [2.75, 3.05) is 0 Å². The van der Waals surface area contributed by atoms with E-state index in [9.17, 15) is 8.42 Å². The Bertz CT molecular complexity index is 605. The van der Waals surface area contributed by atoms with Crippen LogP contribution in [0.25, 0.3) is 0 Å². The zero-order valence-corrected chi connectivity index (χ0v) is 13.3. The first-order chi connectivity index (χ1) is 9.18. The van der Waals surface area contributed by atoms with Crippen LogP contribution in [0.15, 0.2) is 23.1 Å². The summed E-state index contributed by atoms with van der Waals surface area (Å²) in [4.78, 5) is 0.241. The standard InChI is InChI=1S/C14H23N3O2S/c1-5-14(6-2,13(15)16)17-20(18,19)12-9-10(3)7-8-11(12)4/h7-9,17H,5-6H2,1-4H3,(H3,15,16). The lowest BCUT2D eigenvalue weighted by atomic mass is 9.93. The van der Waals surface area contributed by atoms with Crippen molar-refractivity contribution in [2.24, 2.45) is 5.73 Å². The number of hydrogen-bond acceptors (Lipinski definition) is 3. The fourth-order valence-corrected chi connectivity index (χ4v) is 4.00. The molecule has 0 radical (unpaired) electrons. The van der Waals surface area contributed by atoms with E-state index in [0.29, 0.717) is 18.4 Å². The number of benzene rings is 1. The Morgan fingerprint density at radius 2 is 1.85 bits per heavy atom. The summed E-state index contributed by atoms with van der Waals surface area (Å²) in [5.74, 6) is -0.156. The lowest BCUT2D eigenvalue weighted by Gasteiger charge is -2.31. The van der Waals surface area contributed by atoms with Gasteiger partial charge in [0.05, 0.1) is 10.4 Å². The predicted octanol–water partition coefficient (Wildman–Crippen LogP) is 2.08. The molecule has 0 unspecified atom stereocenters. The highest BCUT2D eigenvalue weighted by Crippen LogP contribution is 2.22. The Morgan fingerprint density at radius 3 is 2.30 bits per heavy atom. The van der Waals surface area contributed by atoms with Crippen molar-refractivity contribution in [1.29, 1.82) is 5.41 Å². The molecule has 0 bridgehead atoms. The van der Waals surface area contributed by atoms with Crippen LogP contribution >= 0.6 is 0 Å². The molecule has 0 atom stereocenters. The highest BCUT2D eigenvalue weighted by molar-refractivity contribution is 7.89. The largest absolute Gasteiger partial charge is 0.386 e. The third-order valence-corrected chi connectivity index (χ3v) is 5.36. The van der Waals surface area contributed by atoms with Gasteiger partial charge >= 0.3 is 0 Å². The van der Waals surface area contributed by atoms with Gasteiger partial charge in [0.2, 0.25) is 10.0 Å². The Hall–Kier alpha value is -1.40. The van der Waals surface area contributed by atoms with Gasteiger partial charge in [0.1, 0.15) is 5.84 Å². The maximum absolute atomic E-state index is 12.6. The summed E-state index contributed by atoms with van der Waals surface area (Å²) >= 11 is 0. The summed E-state index contributed by atoms with van der Waals surface area (Å²) in [6.45, 7) is 7.23. The van der Waals surface area contributed by atoms with Crippen molar-refractivity contribution in [1.82, 2.24) is 4.72 Å². The molecular formula is C14H23N3O2S. The van der Waals surface area contributed by atoms with Gasteiger partial charge in [0, 0.05) is 0 Å². The lowest BCUT2D eigenvalue weighted by Crippen LogP contribution is -2.56. The Kier molecular flexibility index (Phi) is 4.94. The van der Waals surface area contributed by atoms with Gasteiger partial charge in [0.15, 0.2) is 0 Å². The van der Waals surface area contributed by atoms with Gasteiger partial charge < -0.3 is 5.73 Å². The van der Waals surface area contributed by atoms with Gasteiger partial charge in [-0.25, -0.2) is 8.42 Å². The van der Waals surface area contributed by atoms with Crippen LogP contribution in [0.1, 0.15) is 37.8 Å². The Morgan fingerprint density at radius 1 is 1.30 bits per heavy atom. The number of rotatable bonds is 6. The molecule has 0 fully saturated rings. The van der Waals surface area contributed by atoms with E-state index >= 15 is 0 Å². The molecule has 0 heterocycles. The van der Waals surface area contributed by atoms with E-state index < -0.39 is 15.6 Å². The number of hydrogen-bond donors (Lipinski definition) is 3. The van der Waals surface area contributed by atoms with Crippen LogP contribution in [-0.4, -0.2) is 19.8 Å². The number of sulfonamides is 1. The predicted molar refractivity (Wildman–Crippen MR) is 81.5 cm³/mol. The lowest BCUT2D eigenvalue weighted by molar-refractivity contribution is 0.458. The molecule has 4 N–H and O–H groups in total. The van der Waals surface area contributed by atoms with E-state index in [4.69, 9.17) is 11.1 Å². The zero-order chi connectivity index (χ0) is 15.6. The molecule has 1 rings (SSSR count). The monoisotopic (exact) mass is 297 g/mol. The van der Waals surface area contributed by atoms with Crippen molar-refractivity contribution in [3.8, 4) is 0 Å². The van der Waals surface area contributed by atoms with Gasteiger partial charge in [-0.1, -0.05) is 26.0 Å². The topological polar surface area (TPSA) is 96.0 Å². The summed E-state index contributed by atoms with van der Waals surface area (Å²) in [7, 11) is -3.71. The van der Waals surface area contributed by atoms with Crippen molar-refractivity contribution < 1.29 is 8.42 Å². The van der Waals surface area contributed by atoms with Crippen LogP contribution in [0.4, 0.5) is 0 Å². The molecular weight excluding hydrogens is 274 g/mol. The average Bonchev–Trinajstić information content (AvgIpc) is 2.38. The summed E-state index contributed by atoms with van der Waals surface area (Å²) in [5.41, 5.74) is 6.13. The molecule has 0 amide bonds. The van der Waals surface area contributed by atoms with Crippen molar-refractivity contribution >= 4 is 15.9 Å². The Balaban J connectivity index is 3.30. The summed E-state index contributed by atoms with van der Waals surface area (Å²) in [6, 6.07) is 5.28. The number of nitrogens with two attached hydrogens (primary N) is 1. The van der Waals surface area contributed by atoms with Gasteiger partial charge in [-0.05, 0) is 43.9 Å². The van der Waals surface area contributed by atoms with E-state index in [1.165, 1.54) is 0 Å². The van der Waals surface area contributed by atoms with Crippen LogP contribution < -0.4 is 10.5 Å². The third-order valence-electron chi connectivity index (χ3n) is 3.69. The van der Waals surface area contributed by atoms with Crippen LogP contribution in [0, 0.1) is 19.3 Å². The van der Waals surface area contributed by atoms with Crippen LogP contribution in [0.3, 0.4) is 0 Å². The third kappa shape index (κ3) is 3.19. The van der Waals surface area contributed by atoms with E-state index in [-0.39, 0.29) is 10.7 Å². The highest BCUT2D eigenvalue weighted by Gasteiger charge is 2.35. The minimum atomic E-state index is -3.71. The maximum Gasteiger partial charge on any atom is 0.241 e. The van der Waals surface area contributed by atoms with Gasteiger partial charge in [-0.15, -0.1) is 0 Å². The van der Waals surface area contributed by atoms with Crippen molar-refractivity contribution in [2.45, 2.75) is 51.0 Å². The summed E-state index contributed by atoms with van der Waals surface area (Å²) < 4.78 is 27.8. The average molecular weight is 297 g/mol. The molecule has 112 valence electrons. The minimum Gasteiger partial charge on any atom is -0.386 e. The molecule has 6 heteroatoms. The van der Waals surface area contributed by atoms with E-state index in [1.54, 1.807) is 19.1 Å². The molecule has 0 aliphatic carbocycles. The fourth-order valence-electron chi connectivity index (χ4n) is 2.14. The highest BCUT2D eigenvalue weighted by atomic mass is 32.2. The van der Waals surface area contributed by atoms with Crippen LogP contribution in [-0.2, 0) is 10.0 Å². The van der Waals surface area contributed by atoms with Gasteiger partial charge in [-0.2, -0.15) is 4.72 Å². The summed E-state index contributed by atoms with van der Waals surface area (Å²) in [5, 5.41) is 7.69. The molecule has 0 aliphatic heterocycles. The first-order valence-electron chi connectivity index (χ1n) is 6.64. The number of amidine groups is 1. The quantitative estimate of drug-likeness (QED) is 0.554. The van der Waals surface area contributed by atoms with Crippen LogP contribution in [0.5, 0.6) is 0 Å². The van der Waals surface area contributed by atoms with E-state index in [2.05, 4.69) is 4.72 Å². The van der Waals surface area contributed by atoms with Crippen molar-refractivity contribution in [3.05, 3.63) is 29.3 Å². The zero-order valence-electron chi connectivity index (χ0n) is 12.4. The van der Waals surface area contributed by atoms with Gasteiger partial charge in [-0.3, -0.25) is 5.41 Å². The molecule has 0 spiro atoms. The molecule has 1 aromatic rings. The molecule has 20 heavy (non-hydrogen) atoms. The second-order valence-electron chi connectivity index (χ2n) is 5.08. The molecule has 0 aliphatic rings. The first-order valence-corrected chi connectivity index (χ1v) is 8.12. The van der Waals surface area contributed by atoms with E-state index in [0.717, 1.165) is 5.56 Å². The molecule has 0 aromatic heterocycles. The SMILES string of the molecule is CCC(CC)(NS(=O)(=O)c1cc(C)ccc1C)C(=N)N.